The Morgan fingerprint density at radius 3 is 1.90 bits per heavy atom. The number of nitrogens with zero attached hydrogens (tertiary/aromatic N) is 4. The third-order valence-corrected chi connectivity index (χ3v) is 13.7. The van der Waals surface area contributed by atoms with Crippen LogP contribution in [-0.4, -0.2) is 16.2 Å². The van der Waals surface area contributed by atoms with Crippen molar-refractivity contribution in [3.63, 3.8) is 0 Å². The van der Waals surface area contributed by atoms with Crippen LogP contribution in [0.3, 0.4) is 0 Å². The number of anilines is 4. The summed E-state index contributed by atoms with van der Waals surface area (Å²) < 4.78 is 9.52. The van der Waals surface area contributed by atoms with Crippen LogP contribution < -0.4 is 14.5 Å². The summed E-state index contributed by atoms with van der Waals surface area (Å²) in [5.41, 5.74) is 16.7. The van der Waals surface area contributed by atoms with E-state index < -0.39 is 0 Å². The smallest absolute Gasteiger partial charge is 0.137 e. The molecule has 1 aliphatic heterocycles. The van der Waals surface area contributed by atoms with Gasteiger partial charge in [0, 0.05) is 45.9 Å². The molecule has 0 spiro atoms. The molecular weight excluding hydrogens is 841 g/mol. The molecule has 0 unspecified atom stereocenters. The summed E-state index contributed by atoms with van der Waals surface area (Å²) in [6, 6.07) is 60.2. The highest BCUT2D eigenvalue weighted by Crippen LogP contribution is 2.51. The fourth-order valence-electron chi connectivity index (χ4n) is 10.2. The van der Waals surface area contributed by atoms with Crippen molar-refractivity contribution in [3.05, 3.63) is 192 Å². The predicted octanol–water partition coefficient (Wildman–Crippen LogP) is 17.5. The molecule has 0 radical (unpaired) electrons. The lowest BCUT2D eigenvalue weighted by atomic mass is 9.85. The van der Waals surface area contributed by atoms with E-state index in [0.29, 0.717) is 18.5 Å². The fourth-order valence-corrected chi connectivity index (χ4v) is 10.2. The van der Waals surface area contributed by atoms with Crippen molar-refractivity contribution < 1.29 is 4.74 Å². The molecule has 348 valence electrons. The highest BCUT2D eigenvalue weighted by molar-refractivity contribution is 6.10. The lowest BCUT2D eigenvalue weighted by Gasteiger charge is -2.28. The molecule has 1 aliphatic rings. The lowest BCUT2D eigenvalue weighted by molar-refractivity contribution is 0.471. The van der Waals surface area contributed by atoms with Crippen LogP contribution in [0.1, 0.15) is 91.5 Å². The van der Waals surface area contributed by atoms with Gasteiger partial charge >= 0.3 is 0 Å². The second-order valence-corrected chi connectivity index (χ2v) is 22.0. The van der Waals surface area contributed by atoms with Crippen LogP contribution in [0.15, 0.2) is 170 Å². The first-order chi connectivity index (χ1) is 33.1. The minimum absolute atomic E-state index is 0.0174. The first kappa shape index (κ1) is 45.7. The van der Waals surface area contributed by atoms with E-state index in [1.807, 2.05) is 6.20 Å². The molecule has 0 saturated carbocycles. The highest BCUT2D eigenvalue weighted by Gasteiger charge is 2.32. The van der Waals surface area contributed by atoms with E-state index in [4.69, 9.17) is 9.72 Å². The molecule has 5 nitrogen and oxygen atoms in total. The molecule has 7 aromatic carbocycles. The van der Waals surface area contributed by atoms with Crippen molar-refractivity contribution in [1.29, 1.82) is 0 Å². The van der Waals surface area contributed by atoms with Gasteiger partial charge in [-0.2, -0.15) is 0 Å². The number of para-hydroxylation sites is 3. The number of ether oxygens (including phenoxy) is 1. The minimum Gasteiger partial charge on any atom is -0.457 e. The summed E-state index contributed by atoms with van der Waals surface area (Å²) in [5, 5.41) is 2.48. The molecule has 2 aromatic heterocycles. The molecule has 0 aliphatic carbocycles. The van der Waals surface area contributed by atoms with E-state index in [1.54, 1.807) is 0 Å². The van der Waals surface area contributed by atoms with E-state index in [1.165, 1.54) is 66.7 Å². The van der Waals surface area contributed by atoms with E-state index in [9.17, 15) is 0 Å². The van der Waals surface area contributed by atoms with Crippen LogP contribution in [-0.2, 0) is 23.7 Å². The highest BCUT2D eigenvalue weighted by atomic mass is 16.5. The molecule has 0 amide bonds. The Morgan fingerprint density at radius 2 is 1.17 bits per heavy atom. The van der Waals surface area contributed by atoms with Crippen molar-refractivity contribution in [3.8, 4) is 39.6 Å². The Balaban J connectivity index is 1.08. The van der Waals surface area contributed by atoms with Crippen LogP contribution in [0, 0.1) is 11.8 Å². The maximum absolute atomic E-state index is 7.18. The van der Waals surface area contributed by atoms with Gasteiger partial charge < -0.3 is 14.5 Å². The number of benzene rings is 7. The second kappa shape index (κ2) is 18.1. The SMILES string of the molecule is CC(C)Cc1ccc2c(c1)c1cc(CC(C)C)c(Oc3cccc(N4CN(c5c(-c6ccccc6)cccc5-c5cccc(C(C)(C)C)c5)c5ccccc54)c3)cc1n2-c1cc(C(C)(C)C)ccn1. The maximum Gasteiger partial charge on any atom is 0.137 e. The van der Waals surface area contributed by atoms with Crippen molar-refractivity contribution in [2.45, 2.75) is 92.9 Å². The predicted molar refractivity (Wildman–Crippen MR) is 292 cm³/mol. The Kier molecular flexibility index (Phi) is 12.0. The zero-order chi connectivity index (χ0) is 48.2. The van der Waals surface area contributed by atoms with Crippen LogP contribution in [0.4, 0.5) is 22.7 Å². The molecular formula is C64H66N4O. The minimum atomic E-state index is -0.0247. The topological polar surface area (TPSA) is 33.5 Å². The summed E-state index contributed by atoms with van der Waals surface area (Å²) >= 11 is 0. The Labute approximate surface area is 410 Å². The van der Waals surface area contributed by atoms with Gasteiger partial charge in [-0.15, -0.1) is 0 Å². The molecule has 10 rings (SSSR count). The summed E-state index contributed by atoms with van der Waals surface area (Å²) in [6.45, 7) is 23.5. The van der Waals surface area contributed by atoms with Gasteiger partial charge in [0.25, 0.3) is 0 Å². The molecule has 0 saturated heterocycles. The fraction of sp³-hybridized carbons (Fsp3) is 0.266. The van der Waals surface area contributed by atoms with Gasteiger partial charge in [0.2, 0.25) is 0 Å². The molecule has 0 N–H and O–H groups in total. The molecule has 5 heteroatoms. The van der Waals surface area contributed by atoms with E-state index in [0.717, 1.165) is 52.6 Å². The van der Waals surface area contributed by atoms with Crippen molar-refractivity contribution >= 4 is 44.6 Å². The number of hydrogen-bond acceptors (Lipinski definition) is 4. The Morgan fingerprint density at radius 1 is 0.536 bits per heavy atom. The van der Waals surface area contributed by atoms with E-state index in [-0.39, 0.29) is 10.8 Å². The third kappa shape index (κ3) is 9.03. The van der Waals surface area contributed by atoms with Crippen LogP contribution in [0.25, 0.3) is 49.9 Å². The van der Waals surface area contributed by atoms with Gasteiger partial charge in [0.05, 0.1) is 28.1 Å². The van der Waals surface area contributed by atoms with Crippen LogP contribution >= 0.6 is 0 Å². The molecule has 0 fully saturated rings. The van der Waals surface area contributed by atoms with Gasteiger partial charge in [0.15, 0.2) is 0 Å². The van der Waals surface area contributed by atoms with Crippen LogP contribution in [0.2, 0.25) is 0 Å². The number of fused-ring (bicyclic) bond motifs is 4. The largest absolute Gasteiger partial charge is 0.457 e. The van der Waals surface area contributed by atoms with Crippen LogP contribution in [0.5, 0.6) is 11.5 Å². The third-order valence-electron chi connectivity index (χ3n) is 13.7. The number of aromatic nitrogens is 2. The average Bonchev–Trinajstić information content (AvgIpc) is 3.86. The van der Waals surface area contributed by atoms with Gasteiger partial charge in [-0.05, 0) is 123 Å². The number of rotatable bonds is 11. The quantitative estimate of drug-likeness (QED) is 0.129. The molecule has 9 aromatic rings. The Hall–Kier alpha value is -7.11. The average molecular weight is 907 g/mol. The summed E-state index contributed by atoms with van der Waals surface area (Å²) in [7, 11) is 0. The summed E-state index contributed by atoms with van der Waals surface area (Å²) in [6.07, 6.45) is 3.87. The summed E-state index contributed by atoms with van der Waals surface area (Å²) in [4.78, 5) is 9.96. The Bertz CT molecular complexity index is 3330. The number of hydrogen-bond donors (Lipinski definition) is 0. The van der Waals surface area contributed by atoms with Gasteiger partial charge in [-0.3, -0.25) is 4.57 Å². The maximum atomic E-state index is 7.18. The second-order valence-electron chi connectivity index (χ2n) is 22.0. The van der Waals surface area contributed by atoms with Crippen molar-refractivity contribution in [2.75, 3.05) is 16.5 Å². The van der Waals surface area contributed by atoms with E-state index >= 15 is 0 Å². The molecule has 0 bridgehead atoms. The number of pyridine rings is 1. The zero-order valence-corrected chi connectivity index (χ0v) is 42.1. The van der Waals surface area contributed by atoms with Gasteiger partial charge in [-0.1, -0.05) is 166 Å². The van der Waals surface area contributed by atoms with Crippen molar-refractivity contribution in [1.82, 2.24) is 9.55 Å². The van der Waals surface area contributed by atoms with Gasteiger partial charge in [-0.25, -0.2) is 4.98 Å². The lowest BCUT2D eigenvalue weighted by Crippen LogP contribution is -2.25. The molecule has 0 atom stereocenters. The molecule has 3 heterocycles. The normalized spacial score (nSPS) is 13.0. The standard InChI is InChI=1S/C64H66N4O/c1-42(2)33-44-29-30-56-54(35-44)55-37-47(34-43(3)4)60(40-59(55)68(56)61-38-49(31-32-65-61)64(8,9)10)69-51-24-17-23-50(39-51)66-41-67(58-28-15-14-27-57(58)66)62-52(45-19-12-11-13-20-45)25-18-26-53(62)46-21-16-22-48(36-46)63(5,6)7/h11-32,35-40,42-43H,33-34,41H2,1-10H3. The van der Waals surface area contributed by atoms with E-state index in [2.05, 4.69) is 247 Å². The van der Waals surface area contributed by atoms with Gasteiger partial charge in [0.1, 0.15) is 24.0 Å². The monoisotopic (exact) mass is 907 g/mol. The first-order valence-corrected chi connectivity index (χ1v) is 24.9. The summed E-state index contributed by atoms with van der Waals surface area (Å²) in [5.74, 6) is 3.57. The zero-order valence-electron chi connectivity index (χ0n) is 42.1. The first-order valence-electron chi connectivity index (χ1n) is 24.9. The molecule has 69 heavy (non-hydrogen) atoms. The van der Waals surface area contributed by atoms with Crippen molar-refractivity contribution in [2.24, 2.45) is 11.8 Å².